The molecular weight excluding hydrogens is 408 g/mol. The molecule has 0 spiro atoms. The van der Waals surface area contributed by atoms with E-state index in [-0.39, 0.29) is 29.4 Å². The Balaban J connectivity index is 1.73. The highest BCUT2D eigenvalue weighted by Gasteiger charge is 2.26. The van der Waals surface area contributed by atoms with Gasteiger partial charge in [-0.1, -0.05) is 20.8 Å². The van der Waals surface area contributed by atoms with Crippen LogP contribution in [0.1, 0.15) is 43.4 Å². The second-order valence-corrected chi connectivity index (χ2v) is 9.62. The predicted octanol–water partition coefficient (Wildman–Crippen LogP) is 1.55. The van der Waals surface area contributed by atoms with E-state index < -0.39 is 6.04 Å². The van der Waals surface area contributed by atoms with Crippen LogP contribution in [-0.2, 0) is 11.3 Å². The molecule has 1 amide bonds. The summed E-state index contributed by atoms with van der Waals surface area (Å²) in [6.07, 6.45) is 3.83. The third-order valence-corrected chi connectivity index (χ3v) is 5.44. The Hall–Kier alpha value is -2.62. The van der Waals surface area contributed by atoms with Crippen LogP contribution in [0.3, 0.4) is 0 Å². The lowest BCUT2D eigenvalue weighted by Gasteiger charge is -2.31. The summed E-state index contributed by atoms with van der Waals surface area (Å²) >= 11 is 0. The van der Waals surface area contributed by atoms with Crippen LogP contribution in [0.15, 0.2) is 28.9 Å². The van der Waals surface area contributed by atoms with Crippen LogP contribution in [0.25, 0.3) is 11.5 Å². The second-order valence-electron chi connectivity index (χ2n) is 9.62. The molecule has 0 aliphatic carbocycles. The van der Waals surface area contributed by atoms with E-state index in [2.05, 4.69) is 32.1 Å². The molecule has 1 aliphatic rings. The van der Waals surface area contributed by atoms with Gasteiger partial charge in [0.2, 0.25) is 17.6 Å². The Labute approximate surface area is 189 Å². The summed E-state index contributed by atoms with van der Waals surface area (Å²) in [5, 5.41) is 2.66. The molecule has 2 aromatic heterocycles. The zero-order valence-corrected chi connectivity index (χ0v) is 19.4. The van der Waals surface area contributed by atoms with Gasteiger partial charge in [0.25, 0.3) is 0 Å². The summed E-state index contributed by atoms with van der Waals surface area (Å²) in [6, 6.07) is 2.90. The molecule has 0 aromatic carbocycles. The molecule has 2 aromatic rings. The fraction of sp³-hybridized carbons (Fsp3) is 0.565. The predicted molar refractivity (Wildman–Crippen MR) is 122 cm³/mol. The Morgan fingerprint density at radius 3 is 2.47 bits per heavy atom. The molecular formula is C23H34N6O3. The number of piperazine rings is 1. The monoisotopic (exact) mass is 442 g/mol. The molecule has 9 heteroatoms. The van der Waals surface area contributed by atoms with Gasteiger partial charge < -0.3 is 20.4 Å². The van der Waals surface area contributed by atoms with Crippen molar-refractivity contribution in [1.82, 2.24) is 25.1 Å². The molecule has 9 nitrogen and oxygen atoms in total. The first-order valence-corrected chi connectivity index (χ1v) is 11.0. The van der Waals surface area contributed by atoms with Crippen LogP contribution in [-0.4, -0.2) is 77.3 Å². The zero-order chi connectivity index (χ0) is 23.3. The molecule has 1 unspecified atom stereocenters. The maximum atomic E-state index is 13.0. The maximum Gasteiger partial charge on any atom is 0.237 e. The van der Waals surface area contributed by atoms with Crippen LogP contribution in [0.4, 0.5) is 0 Å². The quantitative estimate of drug-likeness (QED) is 0.591. The van der Waals surface area contributed by atoms with Crippen LogP contribution in [0.2, 0.25) is 0 Å². The minimum Gasteiger partial charge on any atom is -0.433 e. The highest BCUT2D eigenvalue weighted by Crippen LogP contribution is 2.24. The van der Waals surface area contributed by atoms with Crippen molar-refractivity contribution >= 4 is 11.7 Å². The normalized spacial score (nSPS) is 16.7. The van der Waals surface area contributed by atoms with Gasteiger partial charge in [0.1, 0.15) is 5.69 Å². The number of hydrogen-bond donors (Lipinski definition) is 2. The lowest BCUT2D eigenvalue weighted by Crippen LogP contribution is -2.45. The van der Waals surface area contributed by atoms with E-state index >= 15 is 0 Å². The van der Waals surface area contributed by atoms with E-state index in [4.69, 9.17) is 10.2 Å². The summed E-state index contributed by atoms with van der Waals surface area (Å²) in [7, 11) is 2.09. The van der Waals surface area contributed by atoms with Gasteiger partial charge >= 0.3 is 0 Å². The topological polar surface area (TPSA) is 118 Å². The number of carbonyl (C=O) groups excluding carboxylic acids is 2. The van der Waals surface area contributed by atoms with Gasteiger partial charge in [0, 0.05) is 50.7 Å². The molecule has 32 heavy (non-hydrogen) atoms. The van der Waals surface area contributed by atoms with Crippen molar-refractivity contribution in [2.75, 3.05) is 39.8 Å². The first-order valence-electron chi connectivity index (χ1n) is 11.0. The maximum absolute atomic E-state index is 13.0. The van der Waals surface area contributed by atoms with E-state index in [1.807, 2.05) is 20.8 Å². The summed E-state index contributed by atoms with van der Waals surface area (Å²) in [5.74, 6) is -0.114. The average molecular weight is 443 g/mol. The molecule has 3 N–H and O–H groups in total. The molecule has 174 valence electrons. The average Bonchev–Trinajstić information content (AvgIpc) is 3.16. The number of hydrogen-bond acceptors (Lipinski definition) is 8. The van der Waals surface area contributed by atoms with Gasteiger partial charge in [-0.15, -0.1) is 0 Å². The first kappa shape index (κ1) is 24.0. The number of nitrogens with zero attached hydrogens (tertiary/aromatic N) is 4. The fourth-order valence-electron chi connectivity index (χ4n) is 3.64. The van der Waals surface area contributed by atoms with Crippen LogP contribution in [0, 0.1) is 5.41 Å². The van der Waals surface area contributed by atoms with Gasteiger partial charge in [-0.2, -0.15) is 0 Å². The Bertz CT molecular complexity index is 914. The number of pyridine rings is 1. The molecule has 0 saturated carbocycles. The summed E-state index contributed by atoms with van der Waals surface area (Å²) in [6.45, 7) is 10.1. The molecule has 1 aliphatic heterocycles. The second kappa shape index (κ2) is 10.3. The van der Waals surface area contributed by atoms with Gasteiger partial charge in [0.15, 0.2) is 5.76 Å². The molecule has 0 bridgehead atoms. The number of rotatable bonds is 8. The molecule has 1 atom stereocenters. The number of nitrogens with two attached hydrogens (primary N) is 1. The van der Waals surface area contributed by atoms with Crippen molar-refractivity contribution in [1.29, 1.82) is 0 Å². The molecule has 3 rings (SSSR count). The van der Waals surface area contributed by atoms with Gasteiger partial charge in [-0.05, 0) is 31.0 Å². The van der Waals surface area contributed by atoms with Gasteiger partial charge in [-0.25, -0.2) is 4.98 Å². The van der Waals surface area contributed by atoms with Crippen molar-refractivity contribution in [3.63, 3.8) is 0 Å². The molecule has 0 radical (unpaired) electrons. The number of carbonyl (C=O) groups is 2. The lowest BCUT2D eigenvalue weighted by atomic mass is 9.88. The van der Waals surface area contributed by atoms with E-state index in [1.165, 1.54) is 0 Å². The zero-order valence-electron chi connectivity index (χ0n) is 19.4. The minimum absolute atomic E-state index is 0.0825. The van der Waals surface area contributed by atoms with Crippen LogP contribution >= 0.6 is 0 Å². The number of nitrogens with one attached hydrogen (secondary N) is 1. The number of amides is 1. The van der Waals surface area contributed by atoms with Crippen LogP contribution in [0.5, 0.6) is 0 Å². The van der Waals surface area contributed by atoms with E-state index in [0.29, 0.717) is 24.6 Å². The van der Waals surface area contributed by atoms with Crippen molar-refractivity contribution in [2.24, 2.45) is 11.1 Å². The van der Waals surface area contributed by atoms with E-state index in [9.17, 15) is 9.59 Å². The number of likely N-dealkylation sites (N-methyl/N-ethyl adjacent to an activating group) is 1. The van der Waals surface area contributed by atoms with Crippen molar-refractivity contribution in [3.8, 4) is 11.5 Å². The minimum atomic E-state index is -0.672. The molecule has 1 saturated heterocycles. The van der Waals surface area contributed by atoms with Crippen LogP contribution < -0.4 is 11.1 Å². The largest absolute Gasteiger partial charge is 0.433 e. The summed E-state index contributed by atoms with van der Waals surface area (Å²) < 4.78 is 5.89. The summed E-state index contributed by atoms with van der Waals surface area (Å²) in [5.41, 5.74) is 7.24. The SMILES string of the molecule is CN1CCN(Cc2nc(-c3ccncc3)oc2C(=O)CNC(=O)C(N)CC(C)(C)C)CC1. The molecule has 1 fully saturated rings. The van der Waals surface area contributed by atoms with E-state index in [1.54, 1.807) is 24.5 Å². The number of ketones is 1. The van der Waals surface area contributed by atoms with Crippen molar-refractivity contribution in [2.45, 2.75) is 39.8 Å². The highest BCUT2D eigenvalue weighted by molar-refractivity contribution is 5.98. The number of Topliss-reactive ketones (excluding diaryl/α,β-unsaturated/α-hetero) is 1. The Morgan fingerprint density at radius 1 is 1.19 bits per heavy atom. The highest BCUT2D eigenvalue weighted by atomic mass is 16.4. The first-order chi connectivity index (χ1) is 15.1. The van der Waals surface area contributed by atoms with Gasteiger partial charge in [-0.3, -0.25) is 19.5 Å². The Kier molecular flexibility index (Phi) is 7.76. The Morgan fingerprint density at radius 2 is 1.84 bits per heavy atom. The lowest BCUT2D eigenvalue weighted by molar-refractivity contribution is -0.122. The third-order valence-electron chi connectivity index (χ3n) is 5.44. The molecule has 3 heterocycles. The standard InChI is InChI=1S/C23H34N6O3/c1-23(2,3)13-17(24)21(31)26-14-19(30)20-18(15-29-11-9-28(4)10-12-29)27-22(32-20)16-5-7-25-8-6-16/h5-8,17H,9-15,24H2,1-4H3,(H,26,31). The van der Waals surface area contributed by atoms with Crippen molar-refractivity contribution in [3.05, 3.63) is 36.0 Å². The number of oxazole rings is 1. The van der Waals surface area contributed by atoms with Crippen molar-refractivity contribution < 1.29 is 14.0 Å². The fourth-order valence-corrected chi connectivity index (χ4v) is 3.64. The smallest absolute Gasteiger partial charge is 0.237 e. The summed E-state index contributed by atoms with van der Waals surface area (Å²) in [4.78, 5) is 38.5. The van der Waals surface area contributed by atoms with Gasteiger partial charge in [0.05, 0.1) is 12.6 Å². The number of aromatic nitrogens is 2. The van der Waals surface area contributed by atoms with E-state index in [0.717, 1.165) is 31.7 Å². The third kappa shape index (κ3) is 6.69.